The van der Waals surface area contributed by atoms with Gasteiger partial charge in [-0.15, -0.1) is 0 Å². The molecule has 5 heteroatoms. The Hall–Kier alpha value is -1.46. The van der Waals surface area contributed by atoms with Crippen LogP contribution in [0.3, 0.4) is 0 Å². The first-order valence-electron chi connectivity index (χ1n) is 10.4. The van der Waals surface area contributed by atoms with Crippen molar-refractivity contribution in [2.75, 3.05) is 5.73 Å². The Morgan fingerprint density at radius 2 is 1.50 bits per heavy atom. The van der Waals surface area contributed by atoms with Gasteiger partial charge in [0.25, 0.3) is 0 Å². The molecular formula is C25H37BBr2N2. The minimum Gasteiger partial charge on any atom is -0.398 e. The molecule has 0 amide bonds. The van der Waals surface area contributed by atoms with Crippen LogP contribution >= 0.6 is 31.9 Å². The monoisotopic (exact) mass is 534 g/mol. The number of nitrogens with one attached hydrogen (secondary N) is 1. The third-order valence-electron chi connectivity index (χ3n) is 4.96. The zero-order valence-electron chi connectivity index (χ0n) is 18.0. The van der Waals surface area contributed by atoms with Gasteiger partial charge < -0.3 is 10.7 Å². The maximum atomic E-state index is 5.68. The number of aryl methyl sites for hydroxylation is 1. The maximum absolute atomic E-state index is 5.68. The molecule has 0 aliphatic carbocycles. The summed E-state index contributed by atoms with van der Waals surface area (Å²) < 4.78 is 0.892. The lowest BCUT2D eigenvalue weighted by atomic mass is 9.44. The van der Waals surface area contributed by atoms with Crippen molar-refractivity contribution in [1.82, 2.24) is 4.98 Å². The molecule has 2 aromatic carbocycles. The third-order valence-corrected chi connectivity index (χ3v) is 5.42. The van der Waals surface area contributed by atoms with Crippen LogP contribution in [0, 0.1) is 0 Å². The van der Waals surface area contributed by atoms with Crippen LogP contribution in [-0.4, -0.2) is 11.7 Å². The molecule has 1 heterocycles. The lowest BCUT2D eigenvalue weighted by Gasteiger charge is -2.00. The number of nitrogen functional groups attached to an aromatic ring is 1. The summed E-state index contributed by atoms with van der Waals surface area (Å²) in [6.45, 7) is 9.93. The van der Waals surface area contributed by atoms with Crippen LogP contribution in [0.1, 0.15) is 46.4 Å². The van der Waals surface area contributed by atoms with Gasteiger partial charge in [0.15, 0.2) is 0 Å². The van der Waals surface area contributed by atoms with Gasteiger partial charge in [-0.1, -0.05) is 90.5 Å². The molecule has 3 rings (SSSR count). The smallest absolute Gasteiger partial charge is 0.139 e. The highest BCUT2D eigenvalue weighted by atomic mass is 79.9. The van der Waals surface area contributed by atoms with Crippen molar-refractivity contribution in [1.29, 1.82) is 0 Å². The van der Waals surface area contributed by atoms with Crippen molar-refractivity contribution in [3.8, 4) is 0 Å². The van der Waals surface area contributed by atoms with Gasteiger partial charge in [-0.3, -0.25) is 0 Å². The molecule has 2 nitrogen and oxygen atoms in total. The van der Waals surface area contributed by atoms with Gasteiger partial charge in [-0.25, -0.2) is 0 Å². The molecular weight excluding hydrogens is 499 g/mol. The summed E-state index contributed by atoms with van der Waals surface area (Å²) in [6, 6.07) is 18.2. The fraction of sp³-hybridized carbons (Fsp3) is 0.360. The fourth-order valence-electron chi connectivity index (χ4n) is 2.95. The number of hydrogen-bond acceptors (Lipinski definition) is 1. The minimum absolute atomic E-state index is 0. The topological polar surface area (TPSA) is 41.8 Å². The molecule has 3 aromatic rings. The van der Waals surface area contributed by atoms with Crippen LogP contribution in [0.15, 0.2) is 58.0 Å². The first-order valence-corrected chi connectivity index (χ1v) is 12.0. The molecule has 0 bridgehead atoms. The molecule has 3 N–H and O–H groups in total. The van der Waals surface area contributed by atoms with E-state index in [2.05, 4.69) is 94.9 Å². The highest BCUT2D eigenvalue weighted by Crippen LogP contribution is 2.21. The first kappa shape index (κ1) is 28.5. The molecule has 0 unspecified atom stereocenters. The summed E-state index contributed by atoms with van der Waals surface area (Å²) in [7, 11) is 0. The van der Waals surface area contributed by atoms with Crippen LogP contribution < -0.4 is 5.73 Å². The van der Waals surface area contributed by atoms with E-state index in [0.29, 0.717) is 0 Å². The Bertz CT molecular complexity index is 828. The second kappa shape index (κ2) is 16.3. The Morgan fingerprint density at radius 1 is 0.933 bits per heavy atom. The molecule has 164 valence electrons. The third kappa shape index (κ3) is 10.5. The van der Waals surface area contributed by atoms with E-state index in [9.17, 15) is 0 Å². The lowest BCUT2D eigenvalue weighted by molar-refractivity contribution is 1.07. The molecule has 0 aliphatic heterocycles. The van der Waals surface area contributed by atoms with Crippen molar-refractivity contribution in [3.63, 3.8) is 0 Å². The van der Waals surface area contributed by atoms with Crippen molar-refractivity contribution in [2.24, 2.45) is 0 Å². The van der Waals surface area contributed by atoms with Crippen LogP contribution in [0.2, 0.25) is 19.0 Å². The van der Waals surface area contributed by atoms with Crippen molar-refractivity contribution in [3.05, 3.63) is 69.2 Å². The Kier molecular flexibility index (Phi) is 15.5. The van der Waals surface area contributed by atoms with E-state index < -0.39 is 0 Å². The van der Waals surface area contributed by atoms with E-state index in [-0.39, 0.29) is 7.43 Å². The second-order valence-electron chi connectivity index (χ2n) is 6.89. The average Bonchev–Trinajstić information content (AvgIpc) is 3.15. The second-order valence-corrected chi connectivity index (χ2v) is 9.66. The number of fused-ring (bicyclic) bond motifs is 1. The number of anilines is 1. The van der Waals surface area contributed by atoms with E-state index in [4.69, 9.17) is 5.73 Å². The van der Waals surface area contributed by atoms with Crippen molar-refractivity contribution in [2.45, 2.75) is 60.5 Å². The van der Waals surface area contributed by atoms with Gasteiger partial charge in [0, 0.05) is 16.9 Å². The van der Waals surface area contributed by atoms with E-state index >= 15 is 0 Å². The highest BCUT2D eigenvalue weighted by molar-refractivity contribution is 9.28. The average molecular weight is 536 g/mol. The number of rotatable bonds is 5. The number of benzene rings is 2. The summed E-state index contributed by atoms with van der Waals surface area (Å²) in [5.74, 6) is 0. The zero-order chi connectivity index (χ0) is 21.6. The number of H-pyrrole nitrogens is 1. The molecule has 0 saturated heterocycles. The Labute approximate surface area is 201 Å². The van der Waals surface area contributed by atoms with E-state index in [0.717, 1.165) is 27.8 Å². The number of halogens is 2. The number of aromatic nitrogens is 1. The maximum Gasteiger partial charge on any atom is 0.139 e. The normalized spacial score (nSPS) is 9.40. The summed E-state index contributed by atoms with van der Waals surface area (Å²) in [5, 5.41) is 1.31. The van der Waals surface area contributed by atoms with Crippen LogP contribution in [0.4, 0.5) is 5.69 Å². The number of hydrogen-bond donors (Lipinski definition) is 2. The predicted molar refractivity (Wildman–Crippen MR) is 148 cm³/mol. The lowest BCUT2D eigenvalue weighted by Crippen LogP contribution is -2.04. The van der Waals surface area contributed by atoms with E-state index in [1.807, 2.05) is 30.3 Å². The van der Waals surface area contributed by atoms with Gasteiger partial charge >= 0.3 is 0 Å². The van der Waals surface area contributed by atoms with Crippen LogP contribution in [-0.2, 0) is 6.42 Å². The first-order chi connectivity index (χ1) is 13.9. The Morgan fingerprint density at radius 3 is 1.97 bits per heavy atom. The standard InChI is InChI=1S/C10H11N.C8H7Br2N.C6H15B.CH4/c1-2-9-7-8-5-3-4-6-10(8)11-9;9-8(10)5-6-3-1-2-4-7(6)11;1-4-7(5-2)6-3;/h3-7,11H,2H2,1H3;1-5H,11H2;4-6H2,1-3H3;1H4. The Balaban J connectivity index is 0.000000427. The number of nitrogens with two attached hydrogens (primary N) is 1. The van der Waals surface area contributed by atoms with E-state index in [1.54, 1.807) is 0 Å². The molecule has 1 aromatic heterocycles. The zero-order valence-corrected chi connectivity index (χ0v) is 21.2. The molecule has 0 radical (unpaired) electrons. The van der Waals surface area contributed by atoms with Crippen LogP contribution in [0.25, 0.3) is 17.0 Å². The minimum atomic E-state index is 0. The number of aromatic amines is 1. The molecule has 30 heavy (non-hydrogen) atoms. The van der Waals surface area contributed by atoms with E-state index in [1.165, 1.54) is 35.6 Å². The summed E-state index contributed by atoms with van der Waals surface area (Å²) in [5.41, 5.74) is 10.0. The molecule has 0 saturated carbocycles. The van der Waals surface area contributed by atoms with Gasteiger partial charge in [-0.05, 0) is 73.5 Å². The molecule has 0 atom stereocenters. The van der Waals surface area contributed by atoms with Crippen molar-refractivity contribution < 1.29 is 0 Å². The van der Waals surface area contributed by atoms with Gasteiger partial charge in [-0.2, -0.15) is 0 Å². The van der Waals surface area contributed by atoms with Crippen molar-refractivity contribution >= 4 is 61.2 Å². The van der Waals surface area contributed by atoms with Crippen LogP contribution in [0.5, 0.6) is 0 Å². The summed E-state index contributed by atoms with van der Waals surface area (Å²) in [4.78, 5) is 3.35. The van der Waals surface area contributed by atoms with Gasteiger partial charge in [0.1, 0.15) is 6.71 Å². The fourth-order valence-corrected chi connectivity index (χ4v) is 3.44. The SMILES string of the molecule is C.CCB(CC)CC.CCc1cc2ccccc2[nH]1.Nc1ccccc1C=C(Br)Br. The number of para-hydroxylation sites is 2. The summed E-state index contributed by atoms with van der Waals surface area (Å²) in [6.07, 6.45) is 7.05. The highest BCUT2D eigenvalue weighted by Gasteiger charge is 2.01. The largest absolute Gasteiger partial charge is 0.398 e. The molecule has 0 fully saturated rings. The molecule has 0 aliphatic rings. The predicted octanol–water partition coefficient (Wildman–Crippen LogP) is 9.26. The summed E-state index contributed by atoms with van der Waals surface area (Å²) >= 11 is 6.53. The van der Waals surface area contributed by atoms with Gasteiger partial charge in [0.05, 0.1) is 3.39 Å². The molecule has 0 spiro atoms. The van der Waals surface area contributed by atoms with Gasteiger partial charge in [0.2, 0.25) is 0 Å². The quantitative estimate of drug-likeness (QED) is 0.248.